The van der Waals surface area contributed by atoms with Crippen LogP contribution in [0.15, 0.2) is 49.2 Å². The van der Waals surface area contributed by atoms with Crippen LogP contribution in [0.4, 0.5) is 0 Å². The summed E-state index contributed by atoms with van der Waals surface area (Å²) in [5, 5.41) is 0.867. The number of aromatic nitrogens is 3. The minimum absolute atomic E-state index is 0.381. The van der Waals surface area contributed by atoms with E-state index in [9.17, 15) is 4.79 Å². The number of hydrogen-bond donors (Lipinski definition) is 1. The zero-order valence-electron chi connectivity index (χ0n) is 9.45. The lowest BCUT2D eigenvalue weighted by Gasteiger charge is -2.10. The maximum atomic E-state index is 11.5. The molecule has 0 spiro atoms. The quantitative estimate of drug-likeness (QED) is 0.735. The standard InChI is InChI=1S/C13H10N4O/c14-13(18)10-7-16-11-4-2-1-3-9(11)12(10)17-6-5-15-8-17/h1-8H,(H2,14,18). The van der Waals surface area contributed by atoms with Gasteiger partial charge in [-0.1, -0.05) is 18.2 Å². The monoisotopic (exact) mass is 238 g/mol. The fraction of sp³-hybridized carbons (Fsp3) is 0. The molecule has 5 heteroatoms. The number of para-hydroxylation sites is 1. The number of pyridine rings is 1. The van der Waals surface area contributed by atoms with Gasteiger partial charge in [-0.15, -0.1) is 0 Å². The predicted octanol–water partition coefficient (Wildman–Crippen LogP) is 1.52. The molecule has 0 aliphatic rings. The number of carbonyl (C=O) groups is 1. The Bertz CT molecular complexity index is 719. The predicted molar refractivity (Wildman–Crippen MR) is 67.4 cm³/mol. The summed E-state index contributed by atoms with van der Waals surface area (Å²) < 4.78 is 1.77. The Hall–Kier alpha value is -2.69. The van der Waals surface area contributed by atoms with Crippen LogP contribution in [0.2, 0.25) is 0 Å². The summed E-state index contributed by atoms with van der Waals surface area (Å²) in [4.78, 5) is 19.7. The van der Waals surface area contributed by atoms with Crippen LogP contribution >= 0.6 is 0 Å². The topological polar surface area (TPSA) is 73.8 Å². The zero-order chi connectivity index (χ0) is 12.5. The fourth-order valence-electron chi connectivity index (χ4n) is 1.98. The first kappa shape index (κ1) is 10.5. The van der Waals surface area contributed by atoms with Crippen LogP contribution in [0.3, 0.4) is 0 Å². The van der Waals surface area contributed by atoms with Gasteiger partial charge in [0.25, 0.3) is 5.91 Å². The van der Waals surface area contributed by atoms with E-state index in [2.05, 4.69) is 9.97 Å². The number of benzene rings is 1. The molecule has 3 aromatic rings. The number of imidazole rings is 1. The highest BCUT2D eigenvalue weighted by atomic mass is 16.1. The summed E-state index contributed by atoms with van der Waals surface area (Å²) in [5.41, 5.74) is 7.31. The molecule has 0 aliphatic heterocycles. The summed E-state index contributed by atoms with van der Waals surface area (Å²) in [7, 11) is 0. The van der Waals surface area contributed by atoms with Gasteiger partial charge >= 0.3 is 0 Å². The molecule has 5 nitrogen and oxygen atoms in total. The lowest BCUT2D eigenvalue weighted by molar-refractivity contribution is 0.1000. The van der Waals surface area contributed by atoms with Gasteiger partial charge in [-0.05, 0) is 6.07 Å². The molecule has 0 unspecified atom stereocenters. The van der Waals surface area contributed by atoms with Crippen molar-refractivity contribution in [1.29, 1.82) is 0 Å². The second kappa shape index (κ2) is 3.96. The number of nitrogens with two attached hydrogens (primary N) is 1. The SMILES string of the molecule is NC(=O)c1cnc2ccccc2c1-n1ccnc1. The van der Waals surface area contributed by atoms with Crippen molar-refractivity contribution in [3.8, 4) is 5.69 Å². The van der Waals surface area contributed by atoms with Gasteiger partial charge in [0, 0.05) is 24.0 Å². The number of amides is 1. The van der Waals surface area contributed by atoms with Gasteiger partial charge in [0.1, 0.15) is 0 Å². The normalized spacial score (nSPS) is 10.7. The molecule has 1 aromatic carbocycles. The van der Waals surface area contributed by atoms with E-state index < -0.39 is 5.91 Å². The Morgan fingerprint density at radius 2 is 2.11 bits per heavy atom. The molecule has 3 rings (SSSR count). The van der Waals surface area contributed by atoms with Gasteiger partial charge in [-0.3, -0.25) is 9.78 Å². The average molecular weight is 238 g/mol. The van der Waals surface area contributed by atoms with Crippen molar-refractivity contribution >= 4 is 16.8 Å². The van der Waals surface area contributed by atoms with E-state index in [0.717, 1.165) is 10.9 Å². The van der Waals surface area contributed by atoms with Crippen LogP contribution in [0.5, 0.6) is 0 Å². The number of fused-ring (bicyclic) bond motifs is 1. The van der Waals surface area contributed by atoms with Crippen LogP contribution in [-0.2, 0) is 0 Å². The van der Waals surface area contributed by atoms with Gasteiger partial charge in [0.05, 0.1) is 23.1 Å². The summed E-state index contributed by atoms with van der Waals surface area (Å²) in [5.74, 6) is -0.503. The van der Waals surface area contributed by atoms with Crippen molar-refractivity contribution in [2.24, 2.45) is 5.73 Å². The van der Waals surface area contributed by atoms with Gasteiger partial charge in [-0.2, -0.15) is 0 Å². The van der Waals surface area contributed by atoms with Gasteiger partial charge in [-0.25, -0.2) is 4.98 Å². The Morgan fingerprint density at radius 1 is 1.28 bits per heavy atom. The average Bonchev–Trinajstić information content (AvgIpc) is 2.90. The van der Waals surface area contributed by atoms with Crippen LogP contribution in [-0.4, -0.2) is 20.4 Å². The number of nitrogens with zero attached hydrogens (tertiary/aromatic N) is 3. The Balaban J connectivity index is 2.43. The highest BCUT2D eigenvalue weighted by molar-refractivity contribution is 6.03. The van der Waals surface area contributed by atoms with Gasteiger partial charge < -0.3 is 10.3 Å². The largest absolute Gasteiger partial charge is 0.365 e. The summed E-state index contributed by atoms with van der Waals surface area (Å²) in [6.07, 6.45) is 6.56. The Morgan fingerprint density at radius 3 is 2.83 bits per heavy atom. The number of primary amides is 1. The summed E-state index contributed by atoms with van der Waals surface area (Å²) in [6, 6.07) is 7.59. The van der Waals surface area contributed by atoms with Crippen LogP contribution in [0, 0.1) is 0 Å². The molecular weight excluding hydrogens is 228 g/mol. The smallest absolute Gasteiger partial charge is 0.252 e. The van der Waals surface area contributed by atoms with E-state index in [1.165, 1.54) is 6.20 Å². The van der Waals surface area contributed by atoms with Crippen molar-refractivity contribution in [3.63, 3.8) is 0 Å². The molecule has 0 saturated heterocycles. The van der Waals surface area contributed by atoms with E-state index in [0.29, 0.717) is 11.3 Å². The first-order chi connectivity index (χ1) is 8.77. The zero-order valence-corrected chi connectivity index (χ0v) is 9.45. The third-order valence-electron chi connectivity index (χ3n) is 2.78. The van der Waals surface area contributed by atoms with Crippen molar-refractivity contribution in [2.75, 3.05) is 0 Å². The minimum Gasteiger partial charge on any atom is -0.365 e. The Kier molecular flexibility index (Phi) is 2.30. The highest BCUT2D eigenvalue weighted by Gasteiger charge is 2.14. The summed E-state index contributed by atoms with van der Waals surface area (Å²) in [6.45, 7) is 0. The maximum Gasteiger partial charge on any atom is 0.252 e. The fourth-order valence-corrected chi connectivity index (χ4v) is 1.98. The lowest BCUT2D eigenvalue weighted by atomic mass is 10.1. The number of hydrogen-bond acceptors (Lipinski definition) is 3. The molecule has 2 heterocycles. The summed E-state index contributed by atoms with van der Waals surface area (Å²) >= 11 is 0. The first-order valence-corrected chi connectivity index (χ1v) is 5.43. The van der Waals surface area contributed by atoms with E-state index in [1.54, 1.807) is 23.3 Å². The van der Waals surface area contributed by atoms with Gasteiger partial charge in [0.2, 0.25) is 0 Å². The second-order valence-electron chi connectivity index (χ2n) is 3.87. The molecule has 0 atom stereocenters. The number of carbonyl (C=O) groups excluding carboxylic acids is 1. The van der Waals surface area contributed by atoms with Crippen molar-refractivity contribution in [3.05, 3.63) is 54.7 Å². The van der Waals surface area contributed by atoms with Gasteiger partial charge in [0.15, 0.2) is 0 Å². The Labute approximate surface area is 103 Å². The molecule has 18 heavy (non-hydrogen) atoms. The second-order valence-corrected chi connectivity index (χ2v) is 3.87. The van der Waals surface area contributed by atoms with Crippen molar-refractivity contribution in [1.82, 2.24) is 14.5 Å². The molecule has 0 fully saturated rings. The van der Waals surface area contributed by atoms with Crippen LogP contribution in [0.25, 0.3) is 16.6 Å². The minimum atomic E-state index is -0.503. The molecule has 88 valence electrons. The third-order valence-corrected chi connectivity index (χ3v) is 2.78. The third kappa shape index (κ3) is 1.53. The van der Waals surface area contributed by atoms with Crippen molar-refractivity contribution < 1.29 is 4.79 Å². The molecule has 0 saturated carbocycles. The number of rotatable bonds is 2. The first-order valence-electron chi connectivity index (χ1n) is 5.43. The molecule has 1 amide bonds. The lowest BCUT2D eigenvalue weighted by Crippen LogP contribution is -2.15. The molecule has 0 radical (unpaired) electrons. The maximum absolute atomic E-state index is 11.5. The van der Waals surface area contributed by atoms with E-state index in [-0.39, 0.29) is 0 Å². The molecule has 2 aromatic heterocycles. The molecule has 0 aliphatic carbocycles. The molecule has 0 bridgehead atoms. The van der Waals surface area contributed by atoms with Crippen LogP contribution in [0.1, 0.15) is 10.4 Å². The van der Waals surface area contributed by atoms with E-state index in [4.69, 9.17) is 5.73 Å². The highest BCUT2D eigenvalue weighted by Crippen LogP contribution is 2.23. The van der Waals surface area contributed by atoms with Crippen molar-refractivity contribution in [2.45, 2.75) is 0 Å². The van der Waals surface area contributed by atoms with Crippen LogP contribution < -0.4 is 5.73 Å². The molecular formula is C13H10N4O. The van der Waals surface area contributed by atoms with E-state index in [1.807, 2.05) is 24.3 Å². The molecule has 2 N–H and O–H groups in total. The van der Waals surface area contributed by atoms with E-state index >= 15 is 0 Å².